The highest BCUT2D eigenvalue weighted by Crippen LogP contribution is 2.45. The molecule has 1 aliphatic heterocycles. The first-order valence-corrected chi connectivity index (χ1v) is 13.6. The summed E-state index contributed by atoms with van der Waals surface area (Å²) < 4.78 is 11.3. The summed E-state index contributed by atoms with van der Waals surface area (Å²) in [6, 6.07) is 2.20. The van der Waals surface area contributed by atoms with Crippen molar-refractivity contribution in [3.8, 4) is 0 Å². The van der Waals surface area contributed by atoms with E-state index in [-0.39, 0.29) is 34.9 Å². The SMILES string of the molecule is COC(=O)c1sc(C(C)(C)C)cc1N(C(=O)[C@H]1CC[C@H](C)CC1)C1CCC2(CCCO2)CC1. The lowest BCUT2D eigenvalue weighted by molar-refractivity contribution is -0.124. The van der Waals surface area contributed by atoms with Crippen LogP contribution in [0.15, 0.2) is 6.07 Å². The number of methoxy groups -OCH3 is 1. The van der Waals surface area contributed by atoms with E-state index in [1.54, 1.807) is 0 Å². The second-order valence-corrected chi connectivity index (χ2v) is 12.7. The highest BCUT2D eigenvalue weighted by Gasteiger charge is 2.43. The van der Waals surface area contributed by atoms with Gasteiger partial charge in [0.1, 0.15) is 4.88 Å². The van der Waals surface area contributed by atoms with E-state index >= 15 is 0 Å². The van der Waals surface area contributed by atoms with Gasteiger partial charge in [0.25, 0.3) is 0 Å². The zero-order valence-corrected chi connectivity index (χ0v) is 21.9. The molecule has 1 aromatic rings. The van der Waals surface area contributed by atoms with Crippen molar-refractivity contribution in [2.75, 3.05) is 18.6 Å². The van der Waals surface area contributed by atoms with Gasteiger partial charge in [-0.3, -0.25) is 4.79 Å². The van der Waals surface area contributed by atoms with E-state index in [9.17, 15) is 9.59 Å². The summed E-state index contributed by atoms with van der Waals surface area (Å²) in [4.78, 5) is 30.6. The Kier molecular flexibility index (Phi) is 7.26. The molecule has 5 nitrogen and oxygen atoms in total. The number of amides is 1. The van der Waals surface area contributed by atoms with Crippen molar-refractivity contribution in [3.05, 3.63) is 15.8 Å². The van der Waals surface area contributed by atoms with Crippen molar-refractivity contribution >= 4 is 28.9 Å². The third-order valence-electron chi connectivity index (χ3n) is 8.10. The fourth-order valence-electron chi connectivity index (χ4n) is 5.90. The van der Waals surface area contributed by atoms with Gasteiger partial charge in [-0.25, -0.2) is 4.79 Å². The standard InChI is InChI=1S/C27H41NO4S/c1-18-7-9-19(10-8-18)24(29)28(20-11-14-27(15-12-20)13-6-16-32-27)21-17-22(26(2,3)4)33-23(21)25(30)31-5/h17-20H,6-16H2,1-5H3/t18-,19-,20?,27?. The number of ether oxygens (including phenoxy) is 2. The van der Waals surface area contributed by atoms with Gasteiger partial charge in [0.15, 0.2) is 0 Å². The molecule has 4 rings (SSSR count). The normalized spacial score (nSPS) is 30.4. The molecule has 3 fully saturated rings. The Morgan fingerprint density at radius 3 is 2.30 bits per heavy atom. The van der Waals surface area contributed by atoms with Gasteiger partial charge in [0.2, 0.25) is 5.91 Å². The van der Waals surface area contributed by atoms with Crippen LogP contribution < -0.4 is 4.90 Å². The molecule has 1 amide bonds. The third kappa shape index (κ3) is 5.17. The van der Waals surface area contributed by atoms with Crippen molar-refractivity contribution < 1.29 is 19.1 Å². The van der Waals surface area contributed by atoms with E-state index in [2.05, 4.69) is 33.8 Å². The van der Waals surface area contributed by atoms with Crippen LogP contribution in [0.1, 0.15) is 106 Å². The van der Waals surface area contributed by atoms with Crippen LogP contribution in [-0.4, -0.2) is 37.2 Å². The van der Waals surface area contributed by atoms with Gasteiger partial charge >= 0.3 is 5.97 Å². The Morgan fingerprint density at radius 2 is 1.76 bits per heavy atom. The number of anilines is 1. The molecule has 0 radical (unpaired) electrons. The topological polar surface area (TPSA) is 55.8 Å². The van der Waals surface area contributed by atoms with Crippen LogP contribution in [0.4, 0.5) is 5.69 Å². The Hall–Kier alpha value is -1.40. The Morgan fingerprint density at radius 1 is 1.09 bits per heavy atom. The molecule has 1 saturated heterocycles. The highest BCUT2D eigenvalue weighted by atomic mass is 32.1. The van der Waals surface area contributed by atoms with Crippen molar-refractivity contribution in [1.82, 2.24) is 0 Å². The minimum absolute atomic E-state index is 0.0158. The van der Waals surface area contributed by atoms with Crippen LogP contribution >= 0.6 is 11.3 Å². The highest BCUT2D eigenvalue weighted by molar-refractivity contribution is 7.14. The van der Waals surface area contributed by atoms with Crippen molar-refractivity contribution in [2.24, 2.45) is 11.8 Å². The van der Waals surface area contributed by atoms with Gasteiger partial charge in [-0.05, 0) is 81.6 Å². The lowest BCUT2D eigenvalue weighted by Crippen LogP contribution is -2.49. The number of esters is 1. The largest absolute Gasteiger partial charge is 0.465 e. The Labute approximate surface area is 203 Å². The predicted octanol–water partition coefficient (Wildman–Crippen LogP) is 6.48. The number of hydrogen-bond acceptors (Lipinski definition) is 5. The van der Waals surface area contributed by atoms with E-state index in [0.29, 0.717) is 10.8 Å². The fourth-order valence-corrected chi connectivity index (χ4v) is 7.03. The molecular formula is C27H41NO4S. The number of rotatable bonds is 4. The fraction of sp³-hybridized carbons (Fsp3) is 0.778. The molecule has 3 aliphatic rings. The molecule has 0 N–H and O–H groups in total. The lowest BCUT2D eigenvalue weighted by atomic mass is 9.78. The van der Waals surface area contributed by atoms with E-state index in [1.165, 1.54) is 18.4 Å². The first-order valence-electron chi connectivity index (χ1n) is 12.8. The molecule has 0 bridgehead atoms. The zero-order valence-electron chi connectivity index (χ0n) is 21.1. The predicted molar refractivity (Wildman–Crippen MR) is 133 cm³/mol. The van der Waals surface area contributed by atoms with Gasteiger partial charge in [0.05, 0.1) is 18.4 Å². The van der Waals surface area contributed by atoms with Crippen LogP contribution in [-0.2, 0) is 19.7 Å². The first-order chi connectivity index (χ1) is 15.6. The molecule has 0 atom stereocenters. The van der Waals surface area contributed by atoms with E-state index < -0.39 is 0 Å². The quantitative estimate of drug-likeness (QED) is 0.468. The lowest BCUT2D eigenvalue weighted by Gasteiger charge is -2.42. The van der Waals surface area contributed by atoms with Crippen molar-refractivity contribution in [1.29, 1.82) is 0 Å². The summed E-state index contributed by atoms with van der Waals surface area (Å²) in [5, 5.41) is 0. The summed E-state index contributed by atoms with van der Waals surface area (Å²) in [5.74, 6) is 0.602. The second kappa shape index (κ2) is 9.69. The van der Waals surface area contributed by atoms with Crippen LogP contribution in [0.25, 0.3) is 0 Å². The molecule has 0 unspecified atom stereocenters. The Balaban J connectivity index is 1.69. The van der Waals surface area contributed by atoms with Crippen LogP contribution in [0.3, 0.4) is 0 Å². The average molecular weight is 476 g/mol. The number of carbonyl (C=O) groups excluding carboxylic acids is 2. The maximum Gasteiger partial charge on any atom is 0.350 e. The number of thiophene rings is 1. The van der Waals surface area contributed by atoms with Gasteiger partial charge in [-0.2, -0.15) is 0 Å². The summed E-state index contributed by atoms with van der Waals surface area (Å²) in [5.41, 5.74) is 0.685. The molecule has 0 aromatic carbocycles. The molecule has 2 saturated carbocycles. The van der Waals surface area contributed by atoms with Crippen LogP contribution in [0.2, 0.25) is 0 Å². The molecule has 2 heterocycles. The van der Waals surface area contributed by atoms with E-state index in [0.717, 1.165) is 81.4 Å². The molecule has 184 valence electrons. The summed E-state index contributed by atoms with van der Waals surface area (Å²) in [6.07, 6.45) is 10.2. The average Bonchev–Trinajstić information content (AvgIpc) is 3.43. The number of carbonyl (C=O) groups is 2. The number of hydrogen-bond donors (Lipinski definition) is 0. The molecule has 1 spiro atoms. The maximum atomic E-state index is 14.1. The first kappa shape index (κ1) is 24.7. The summed E-state index contributed by atoms with van der Waals surface area (Å²) in [7, 11) is 1.43. The van der Waals surface area contributed by atoms with Crippen LogP contribution in [0.5, 0.6) is 0 Å². The molecule has 33 heavy (non-hydrogen) atoms. The third-order valence-corrected chi connectivity index (χ3v) is 9.63. The monoisotopic (exact) mass is 475 g/mol. The van der Waals surface area contributed by atoms with Gasteiger partial charge in [-0.15, -0.1) is 11.3 Å². The Bertz CT molecular complexity index is 846. The minimum atomic E-state index is -0.341. The summed E-state index contributed by atoms with van der Waals surface area (Å²) >= 11 is 1.48. The van der Waals surface area contributed by atoms with Gasteiger partial charge in [0, 0.05) is 23.4 Å². The summed E-state index contributed by atoms with van der Waals surface area (Å²) in [6.45, 7) is 9.60. The number of nitrogens with zero attached hydrogens (tertiary/aromatic N) is 1. The van der Waals surface area contributed by atoms with Crippen molar-refractivity contribution in [2.45, 2.75) is 109 Å². The van der Waals surface area contributed by atoms with Crippen molar-refractivity contribution in [3.63, 3.8) is 0 Å². The molecular weight excluding hydrogens is 434 g/mol. The van der Waals surface area contributed by atoms with Gasteiger partial charge < -0.3 is 14.4 Å². The maximum absolute atomic E-state index is 14.1. The van der Waals surface area contributed by atoms with E-state index in [1.807, 2.05) is 4.90 Å². The van der Waals surface area contributed by atoms with Gasteiger partial charge in [-0.1, -0.05) is 27.7 Å². The minimum Gasteiger partial charge on any atom is -0.465 e. The smallest absolute Gasteiger partial charge is 0.350 e. The second-order valence-electron chi connectivity index (χ2n) is 11.6. The molecule has 2 aliphatic carbocycles. The van der Waals surface area contributed by atoms with E-state index in [4.69, 9.17) is 9.47 Å². The zero-order chi connectivity index (χ0) is 23.8. The molecule has 1 aromatic heterocycles. The molecule has 6 heteroatoms. The van der Waals surface area contributed by atoms with Crippen LogP contribution in [0, 0.1) is 11.8 Å².